The number of nitrogens with zero attached hydrogens (tertiary/aromatic N) is 2. The minimum absolute atomic E-state index is 0.249. The summed E-state index contributed by atoms with van der Waals surface area (Å²) < 4.78 is 0. The van der Waals surface area contributed by atoms with Crippen LogP contribution >= 0.6 is 0 Å². The van der Waals surface area contributed by atoms with Crippen LogP contribution in [0.2, 0.25) is 0 Å². The predicted octanol–water partition coefficient (Wildman–Crippen LogP) is 3.15. The minimum atomic E-state index is -0.447. The molecule has 1 aromatic carbocycles. The van der Waals surface area contributed by atoms with E-state index in [1.165, 1.54) is 19.3 Å². The van der Waals surface area contributed by atoms with Gasteiger partial charge < -0.3 is 10.6 Å². The summed E-state index contributed by atoms with van der Waals surface area (Å²) in [5.74, 6) is 0.0367. The molecule has 3 amide bonds. The van der Waals surface area contributed by atoms with E-state index < -0.39 is 6.03 Å². The molecule has 0 atom stereocenters. The fourth-order valence-electron chi connectivity index (χ4n) is 2.32. The number of pyridine rings is 2. The van der Waals surface area contributed by atoms with E-state index in [1.807, 2.05) is 30.3 Å². The first-order valence-corrected chi connectivity index (χ1v) is 7.93. The van der Waals surface area contributed by atoms with Crippen LogP contribution in [0.4, 0.5) is 16.3 Å². The van der Waals surface area contributed by atoms with Crippen molar-refractivity contribution in [2.75, 3.05) is 17.7 Å². The smallest absolute Gasteiger partial charge is 0.324 e. The van der Waals surface area contributed by atoms with Crippen molar-refractivity contribution in [3.8, 4) is 11.3 Å². The van der Waals surface area contributed by atoms with Crippen molar-refractivity contribution in [2.24, 2.45) is 0 Å². The lowest BCUT2D eigenvalue weighted by Gasteiger charge is -2.08. The Morgan fingerprint density at radius 2 is 1.69 bits per heavy atom. The molecule has 130 valence electrons. The average molecular weight is 347 g/mol. The third-order valence-electron chi connectivity index (χ3n) is 3.59. The minimum Gasteiger partial charge on any atom is -0.355 e. The van der Waals surface area contributed by atoms with Gasteiger partial charge in [0, 0.05) is 36.3 Å². The summed E-state index contributed by atoms with van der Waals surface area (Å²) in [7, 11) is 1.54. The number of aromatic nitrogens is 2. The van der Waals surface area contributed by atoms with Crippen LogP contribution in [0, 0.1) is 0 Å². The monoisotopic (exact) mass is 347 g/mol. The lowest BCUT2D eigenvalue weighted by atomic mass is 10.1. The highest BCUT2D eigenvalue weighted by Crippen LogP contribution is 2.19. The summed E-state index contributed by atoms with van der Waals surface area (Å²) in [5.41, 5.74) is 2.86. The normalized spacial score (nSPS) is 10.0. The van der Waals surface area contributed by atoms with E-state index >= 15 is 0 Å². The molecular formula is C19H17N5O2. The maximum Gasteiger partial charge on any atom is 0.324 e. The summed E-state index contributed by atoms with van der Waals surface area (Å²) in [6, 6.07) is 15.7. The summed E-state index contributed by atoms with van der Waals surface area (Å²) in [6.45, 7) is 0. The van der Waals surface area contributed by atoms with Gasteiger partial charge in [-0.05, 0) is 36.4 Å². The van der Waals surface area contributed by atoms with Gasteiger partial charge in [0.1, 0.15) is 5.82 Å². The van der Waals surface area contributed by atoms with E-state index in [0.717, 1.165) is 11.3 Å². The van der Waals surface area contributed by atoms with Crippen LogP contribution in [-0.2, 0) is 0 Å². The predicted molar refractivity (Wildman–Crippen MR) is 99.9 cm³/mol. The summed E-state index contributed by atoms with van der Waals surface area (Å²) in [6.07, 6.45) is 3.19. The molecule has 0 unspecified atom stereocenters. The lowest BCUT2D eigenvalue weighted by molar-refractivity contribution is 0.0963. The molecule has 0 bridgehead atoms. The number of hydrogen-bond donors (Lipinski definition) is 3. The Hall–Kier alpha value is -3.74. The Morgan fingerprint density at radius 3 is 2.38 bits per heavy atom. The van der Waals surface area contributed by atoms with Crippen molar-refractivity contribution in [3.63, 3.8) is 0 Å². The number of carbonyl (C=O) groups excluding carboxylic acids is 2. The van der Waals surface area contributed by atoms with E-state index in [-0.39, 0.29) is 11.7 Å². The highest BCUT2D eigenvalue weighted by atomic mass is 16.2. The molecule has 3 N–H and O–H groups in total. The van der Waals surface area contributed by atoms with Crippen molar-refractivity contribution in [2.45, 2.75) is 0 Å². The zero-order chi connectivity index (χ0) is 18.4. The fraction of sp³-hybridized carbons (Fsp3) is 0.0526. The quantitative estimate of drug-likeness (QED) is 0.675. The van der Waals surface area contributed by atoms with Crippen LogP contribution in [0.5, 0.6) is 0 Å². The van der Waals surface area contributed by atoms with E-state index in [2.05, 4.69) is 25.9 Å². The van der Waals surface area contributed by atoms with E-state index in [0.29, 0.717) is 11.3 Å². The Labute approximate surface area is 150 Å². The Balaban J connectivity index is 1.64. The fourth-order valence-corrected chi connectivity index (χ4v) is 2.32. The largest absolute Gasteiger partial charge is 0.355 e. The zero-order valence-electron chi connectivity index (χ0n) is 14.1. The van der Waals surface area contributed by atoms with Gasteiger partial charge in [-0.2, -0.15) is 0 Å². The molecule has 2 aromatic heterocycles. The van der Waals surface area contributed by atoms with Crippen LogP contribution in [0.15, 0.2) is 67.0 Å². The average Bonchev–Trinajstić information content (AvgIpc) is 2.68. The second-order valence-corrected chi connectivity index (χ2v) is 5.38. The van der Waals surface area contributed by atoms with E-state index in [9.17, 15) is 9.59 Å². The van der Waals surface area contributed by atoms with Gasteiger partial charge in [-0.15, -0.1) is 0 Å². The van der Waals surface area contributed by atoms with Gasteiger partial charge in [0.15, 0.2) is 0 Å². The molecule has 7 heteroatoms. The molecule has 0 aliphatic carbocycles. The number of urea groups is 1. The first-order valence-electron chi connectivity index (χ1n) is 7.93. The van der Waals surface area contributed by atoms with Crippen molar-refractivity contribution in [3.05, 3.63) is 72.6 Å². The molecule has 3 rings (SSSR count). The molecule has 7 nitrogen and oxygen atoms in total. The lowest BCUT2D eigenvalue weighted by Crippen LogP contribution is -2.21. The number of anilines is 2. The Bertz CT molecular complexity index is 911. The molecule has 0 aliphatic heterocycles. The number of rotatable bonds is 4. The molecule has 3 aromatic rings. The zero-order valence-corrected chi connectivity index (χ0v) is 14.1. The third kappa shape index (κ3) is 4.21. The molecule has 26 heavy (non-hydrogen) atoms. The first-order chi connectivity index (χ1) is 12.7. The SMILES string of the molecule is CNC(=O)c1ccnc(NC(=O)Nc2ccc(-c3ccccn3)cc2)c1. The second-order valence-electron chi connectivity index (χ2n) is 5.38. The summed E-state index contributed by atoms with van der Waals surface area (Å²) in [4.78, 5) is 32.0. The summed E-state index contributed by atoms with van der Waals surface area (Å²) >= 11 is 0. The van der Waals surface area contributed by atoms with Crippen molar-refractivity contribution >= 4 is 23.4 Å². The third-order valence-corrected chi connectivity index (χ3v) is 3.59. The maximum atomic E-state index is 12.1. The first kappa shape index (κ1) is 17.1. The van der Waals surface area contributed by atoms with Crippen molar-refractivity contribution in [1.29, 1.82) is 0 Å². The van der Waals surface area contributed by atoms with E-state index in [4.69, 9.17) is 0 Å². The molecule has 0 saturated carbocycles. The van der Waals surface area contributed by atoms with Crippen LogP contribution in [-0.4, -0.2) is 29.0 Å². The molecule has 0 fully saturated rings. The topological polar surface area (TPSA) is 96.0 Å². The number of hydrogen-bond acceptors (Lipinski definition) is 4. The van der Waals surface area contributed by atoms with Gasteiger partial charge in [-0.25, -0.2) is 9.78 Å². The number of amides is 3. The van der Waals surface area contributed by atoms with Gasteiger partial charge in [0.2, 0.25) is 0 Å². The van der Waals surface area contributed by atoms with Gasteiger partial charge >= 0.3 is 6.03 Å². The van der Waals surface area contributed by atoms with E-state index in [1.54, 1.807) is 24.4 Å². The number of carbonyl (C=O) groups is 2. The molecule has 0 radical (unpaired) electrons. The van der Waals surface area contributed by atoms with Gasteiger partial charge in [0.25, 0.3) is 5.91 Å². The van der Waals surface area contributed by atoms with Crippen LogP contribution in [0.3, 0.4) is 0 Å². The number of nitrogens with one attached hydrogen (secondary N) is 3. The van der Waals surface area contributed by atoms with Crippen LogP contribution < -0.4 is 16.0 Å². The second kappa shape index (κ2) is 7.89. The molecule has 0 saturated heterocycles. The standard InChI is InChI=1S/C19H17N5O2/c1-20-18(25)14-9-11-22-17(12-14)24-19(26)23-15-7-5-13(6-8-15)16-4-2-3-10-21-16/h2-12H,1H3,(H,20,25)(H2,22,23,24,26). The molecule has 0 aliphatic rings. The maximum absolute atomic E-state index is 12.1. The van der Waals surface area contributed by atoms with Crippen LogP contribution in [0.25, 0.3) is 11.3 Å². The summed E-state index contributed by atoms with van der Waals surface area (Å²) in [5, 5.41) is 7.84. The molecule has 2 heterocycles. The molecular weight excluding hydrogens is 330 g/mol. The number of benzene rings is 1. The molecule has 0 spiro atoms. The van der Waals surface area contributed by atoms with Gasteiger partial charge in [-0.3, -0.25) is 15.1 Å². The highest BCUT2D eigenvalue weighted by molar-refractivity contribution is 6.00. The van der Waals surface area contributed by atoms with Crippen molar-refractivity contribution < 1.29 is 9.59 Å². The van der Waals surface area contributed by atoms with Crippen molar-refractivity contribution in [1.82, 2.24) is 15.3 Å². The van der Waals surface area contributed by atoms with Gasteiger partial charge in [0.05, 0.1) is 5.69 Å². The van der Waals surface area contributed by atoms with Gasteiger partial charge in [-0.1, -0.05) is 18.2 Å². The Kier molecular flexibility index (Phi) is 5.19. The van der Waals surface area contributed by atoms with Crippen LogP contribution in [0.1, 0.15) is 10.4 Å². The Morgan fingerprint density at radius 1 is 0.885 bits per heavy atom. The highest BCUT2D eigenvalue weighted by Gasteiger charge is 2.08.